The fourth-order valence-corrected chi connectivity index (χ4v) is 4.03. The van der Waals surface area contributed by atoms with Crippen molar-refractivity contribution in [3.63, 3.8) is 0 Å². The number of nitrogens with zero attached hydrogens (tertiary/aromatic N) is 2. The van der Waals surface area contributed by atoms with Crippen molar-refractivity contribution in [1.82, 2.24) is 4.98 Å². The number of pyridine rings is 1. The summed E-state index contributed by atoms with van der Waals surface area (Å²) in [7, 11) is 0. The molecule has 2 aliphatic rings. The highest BCUT2D eigenvalue weighted by molar-refractivity contribution is 5.52. The first kappa shape index (κ1) is 16.3. The van der Waals surface area contributed by atoms with Gasteiger partial charge in [-0.05, 0) is 43.0 Å². The lowest BCUT2D eigenvalue weighted by molar-refractivity contribution is 0.605. The number of fused-ring (bicyclic) bond motifs is 3. The number of rotatable bonds is 6. The summed E-state index contributed by atoms with van der Waals surface area (Å²) in [5.74, 6) is 1.41. The van der Waals surface area contributed by atoms with Gasteiger partial charge in [-0.15, -0.1) is 0 Å². The van der Waals surface area contributed by atoms with Crippen LogP contribution in [-0.2, 0) is 0 Å². The summed E-state index contributed by atoms with van der Waals surface area (Å²) < 4.78 is 0. The van der Waals surface area contributed by atoms with Gasteiger partial charge in [-0.25, -0.2) is 9.98 Å². The Morgan fingerprint density at radius 2 is 1.80 bits per heavy atom. The Morgan fingerprint density at radius 3 is 2.64 bits per heavy atom. The molecular formula is C23H26N2. The number of para-hydroxylation sites is 1. The lowest BCUT2D eigenvalue weighted by Gasteiger charge is -2.24. The molecule has 1 aliphatic heterocycles. The van der Waals surface area contributed by atoms with Gasteiger partial charge in [0.25, 0.3) is 0 Å². The zero-order valence-electron chi connectivity index (χ0n) is 15.3. The van der Waals surface area contributed by atoms with Gasteiger partial charge in [-0.1, -0.05) is 63.0 Å². The molecule has 2 nitrogen and oxygen atoms in total. The van der Waals surface area contributed by atoms with E-state index in [1.165, 1.54) is 54.5 Å². The Labute approximate surface area is 149 Å². The van der Waals surface area contributed by atoms with E-state index in [-0.39, 0.29) is 0 Å². The van der Waals surface area contributed by atoms with Crippen LogP contribution in [0, 0.1) is 10.4 Å². The molecule has 1 unspecified atom stereocenters. The van der Waals surface area contributed by atoms with Crippen LogP contribution < -0.4 is 10.7 Å². The van der Waals surface area contributed by atoms with E-state index in [2.05, 4.69) is 56.3 Å². The topological polar surface area (TPSA) is 25.2 Å². The third-order valence-corrected chi connectivity index (χ3v) is 5.43. The first-order valence-electron chi connectivity index (χ1n) is 9.71. The largest absolute Gasteiger partial charge is 0.228 e. The minimum atomic E-state index is 0.525. The summed E-state index contributed by atoms with van der Waals surface area (Å²) in [4.78, 5) is 9.64. The molecule has 2 heterocycles. The number of hydrogen-bond donors (Lipinski definition) is 0. The summed E-state index contributed by atoms with van der Waals surface area (Å²) in [6, 6.07) is 10.8. The zero-order chi connectivity index (χ0) is 17.2. The molecule has 0 amide bonds. The number of unbranched alkanes of at least 4 members (excludes halogenated alkanes) is 2. The van der Waals surface area contributed by atoms with Crippen LogP contribution >= 0.6 is 0 Å². The predicted octanol–water partition coefficient (Wildman–Crippen LogP) is 4.82. The molecule has 1 aliphatic carbocycles. The van der Waals surface area contributed by atoms with Crippen molar-refractivity contribution in [2.75, 3.05) is 0 Å². The number of hydrogen-bond acceptors (Lipinski definition) is 2. The summed E-state index contributed by atoms with van der Waals surface area (Å²) in [5, 5.41) is 4.61. The van der Waals surface area contributed by atoms with E-state index < -0.39 is 0 Å². The summed E-state index contributed by atoms with van der Waals surface area (Å²) in [5.41, 5.74) is 3.00. The Balaban J connectivity index is 1.87. The van der Waals surface area contributed by atoms with Gasteiger partial charge in [0, 0.05) is 16.4 Å². The van der Waals surface area contributed by atoms with Crippen LogP contribution in [0.25, 0.3) is 6.08 Å². The first-order chi connectivity index (χ1) is 12.3. The van der Waals surface area contributed by atoms with Gasteiger partial charge in [-0.3, -0.25) is 0 Å². The predicted molar refractivity (Wildman–Crippen MR) is 103 cm³/mol. The van der Waals surface area contributed by atoms with E-state index in [0.717, 1.165) is 16.5 Å². The van der Waals surface area contributed by atoms with Crippen molar-refractivity contribution in [2.24, 2.45) is 4.99 Å². The highest BCUT2D eigenvalue weighted by Gasteiger charge is 2.21. The maximum atomic E-state index is 4.91. The van der Waals surface area contributed by atoms with Crippen LogP contribution in [0.5, 0.6) is 0 Å². The molecule has 0 fully saturated rings. The van der Waals surface area contributed by atoms with Crippen molar-refractivity contribution >= 4 is 11.9 Å². The third kappa shape index (κ3) is 2.95. The van der Waals surface area contributed by atoms with Gasteiger partial charge in [-0.2, -0.15) is 0 Å². The van der Waals surface area contributed by atoms with Crippen LogP contribution in [0.1, 0.15) is 63.9 Å². The Hall–Kier alpha value is -2.22. The second kappa shape index (κ2) is 6.95. The van der Waals surface area contributed by atoms with Gasteiger partial charge in [0.1, 0.15) is 0 Å². The second-order valence-electron chi connectivity index (χ2n) is 7.17. The molecule has 0 radical (unpaired) electrons. The molecule has 128 valence electrons. The van der Waals surface area contributed by atoms with Gasteiger partial charge < -0.3 is 0 Å². The highest BCUT2D eigenvalue weighted by Crippen LogP contribution is 2.34. The number of allylic oxidation sites excluding steroid dienone is 2. The van der Waals surface area contributed by atoms with Gasteiger partial charge in [0.15, 0.2) is 5.82 Å². The van der Waals surface area contributed by atoms with Crippen molar-refractivity contribution in [2.45, 2.75) is 58.3 Å². The molecule has 0 bridgehead atoms. The van der Waals surface area contributed by atoms with Gasteiger partial charge in [0.05, 0.1) is 10.7 Å². The third-order valence-electron chi connectivity index (χ3n) is 5.43. The Bertz CT molecular complexity index is 1030. The summed E-state index contributed by atoms with van der Waals surface area (Å²) in [6.07, 6.45) is 12.0. The quantitative estimate of drug-likeness (QED) is 0.636. The van der Waals surface area contributed by atoms with E-state index in [1.807, 2.05) is 0 Å². The van der Waals surface area contributed by atoms with Crippen LogP contribution in [0.15, 0.2) is 47.0 Å². The molecule has 0 spiro atoms. The van der Waals surface area contributed by atoms with Crippen molar-refractivity contribution < 1.29 is 0 Å². The average Bonchev–Trinajstić information content (AvgIpc) is 3.00. The molecule has 1 aromatic carbocycles. The molecule has 1 atom stereocenters. The SMILES string of the molecule is CCCCC1=CC=c2nc3c(cc2C1CCCC)=c1ccccc1=N3. The molecule has 2 aromatic rings. The molecule has 2 heteroatoms. The van der Waals surface area contributed by atoms with E-state index >= 15 is 0 Å². The molecule has 0 N–H and O–H groups in total. The highest BCUT2D eigenvalue weighted by atomic mass is 14.9. The summed E-state index contributed by atoms with van der Waals surface area (Å²) >= 11 is 0. The molecular weight excluding hydrogens is 304 g/mol. The van der Waals surface area contributed by atoms with Crippen molar-refractivity contribution in [3.05, 3.63) is 68.7 Å². The Morgan fingerprint density at radius 1 is 0.960 bits per heavy atom. The smallest absolute Gasteiger partial charge is 0.161 e. The number of aromatic nitrogens is 1. The van der Waals surface area contributed by atoms with E-state index in [0.29, 0.717) is 5.92 Å². The van der Waals surface area contributed by atoms with E-state index in [9.17, 15) is 0 Å². The Kier molecular flexibility index (Phi) is 4.52. The fourth-order valence-electron chi connectivity index (χ4n) is 4.03. The molecule has 0 saturated carbocycles. The van der Waals surface area contributed by atoms with E-state index in [1.54, 1.807) is 5.57 Å². The normalized spacial score (nSPS) is 17.0. The monoisotopic (exact) mass is 330 g/mol. The van der Waals surface area contributed by atoms with E-state index in [4.69, 9.17) is 9.98 Å². The van der Waals surface area contributed by atoms with Crippen LogP contribution in [0.4, 0.5) is 5.82 Å². The minimum absolute atomic E-state index is 0.525. The lowest BCUT2D eigenvalue weighted by Crippen LogP contribution is -2.22. The minimum Gasteiger partial charge on any atom is -0.228 e. The van der Waals surface area contributed by atoms with Crippen LogP contribution in [0.2, 0.25) is 0 Å². The molecule has 4 rings (SSSR count). The lowest BCUT2D eigenvalue weighted by atomic mass is 9.81. The van der Waals surface area contributed by atoms with Crippen molar-refractivity contribution in [3.8, 4) is 0 Å². The van der Waals surface area contributed by atoms with Crippen LogP contribution in [0.3, 0.4) is 0 Å². The summed E-state index contributed by atoms with van der Waals surface area (Å²) in [6.45, 7) is 4.55. The van der Waals surface area contributed by atoms with Gasteiger partial charge in [0.2, 0.25) is 0 Å². The van der Waals surface area contributed by atoms with Crippen molar-refractivity contribution in [1.29, 1.82) is 0 Å². The maximum absolute atomic E-state index is 4.91. The maximum Gasteiger partial charge on any atom is 0.161 e. The standard InChI is InChI=1S/C23H26N2/c1-3-5-9-16-13-14-22-19(17(16)10-6-4-2)15-20-18-11-7-8-12-21(18)24-23(20)25-22/h7-8,11-15,17H,3-6,9-10H2,1-2H3. The zero-order valence-corrected chi connectivity index (χ0v) is 15.3. The fraction of sp³-hybridized carbons (Fsp3) is 0.391. The molecule has 1 aromatic heterocycles. The first-order valence-corrected chi connectivity index (χ1v) is 9.71. The van der Waals surface area contributed by atoms with Gasteiger partial charge >= 0.3 is 0 Å². The molecule has 25 heavy (non-hydrogen) atoms. The van der Waals surface area contributed by atoms with Crippen LogP contribution in [-0.4, -0.2) is 4.98 Å². The average molecular weight is 330 g/mol. The second-order valence-corrected chi connectivity index (χ2v) is 7.17. The number of benzene rings is 1. The molecule has 0 saturated heterocycles.